The summed E-state index contributed by atoms with van der Waals surface area (Å²) < 4.78 is 13.3. The molecule has 0 aliphatic carbocycles. The van der Waals surface area contributed by atoms with Crippen molar-refractivity contribution >= 4 is 29.1 Å². The van der Waals surface area contributed by atoms with Crippen LogP contribution in [0.2, 0.25) is 10.0 Å². The van der Waals surface area contributed by atoms with Crippen LogP contribution < -0.4 is 14.8 Å². The summed E-state index contributed by atoms with van der Waals surface area (Å²) in [6.07, 6.45) is 4.47. The standard InChI is InChI=1S/C22H21Cl2N3O3/c1-27-8-7-25-22(27)20(15-3-5-16(23)6-4-15)26-19(28)13-14-11-17(24)21-18(12-14)29-9-2-10-30-21/h3-8,11-12,20H,2,9-10,13H2,1H3,(H,26,28)/t20-/m1/s1. The summed E-state index contributed by atoms with van der Waals surface area (Å²) in [6.45, 7) is 1.11. The zero-order valence-electron chi connectivity index (χ0n) is 16.4. The van der Waals surface area contributed by atoms with E-state index in [0.29, 0.717) is 34.8 Å². The second kappa shape index (κ2) is 8.98. The van der Waals surface area contributed by atoms with Crippen molar-refractivity contribution in [3.05, 3.63) is 75.8 Å². The minimum Gasteiger partial charge on any atom is -0.489 e. The van der Waals surface area contributed by atoms with E-state index in [0.717, 1.165) is 23.4 Å². The first-order valence-corrected chi connectivity index (χ1v) is 10.4. The number of fused-ring (bicyclic) bond motifs is 1. The maximum absolute atomic E-state index is 12.9. The summed E-state index contributed by atoms with van der Waals surface area (Å²) in [5, 5.41) is 4.15. The number of nitrogens with zero attached hydrogens (tertiary/aromatic N) is 2. The van der Waals surface area contributed by atoms with Crippen LogP contribution in [0, 0.1) is 0 Å². The first-order valence-electron chi connectivity index (χ1n) is 9.61. The van der Waals surface area contributed by atoms with Gasteiger partial charge in [0.2, 0.25) is 5.91 Å². The van der Waals surface area contributed by atoms with E-state index in [-0.39, 0.29) is 12.3 Å². The summed E-state index contributed by atoms with van der Waals surface area (Å²) >= 11 is 12.4. The van der Waals surface area contributed by atoms with Gasteiger partial charge in [-0.1, -0.05) is 35.3 Å². The molecular formula is C22H21Cl2N3O3. The Morgan fingerprint density at radius 3 is 2.70 bits per heavy atom. The summed E-state index contributed by atoms with van der Waals surface area (Å²) in [5.41, 5.74) is 1.63. The number of halogens is 2. The summed E-state index contributed by atoms with van der Waals surface area (Å²) in [5.74, 6) is 1.66. The molecule has 8 heteroatoms. The number of ether oxygens (including phenoxy) is 2. The van der Waals surface area contributed by atoms with Crippen LogP contribution >= 0.6 is 23.2 Å². The maximum atomic E-state index is 12.9. The Kier molecular flexibility index (Phi) is 6.16. The van der Waals surface area contributed by atoms with E-state index in [1.54, 1.807) is 24.4 Å². The molecule has 1 N–H and O–H groups in total. The molecule has 2 aromatic carbocycles. The van der Waals surface area contributed by atoms with E-state index >= 15 is 0 Å². The molecule has 4 rings (SSSR count). The number of imidazole rings is 1. The number of benzene rings is 2. The van der Waals surface area contributed by atoms with Crippen molar-refractivity contribution in [2.75, 3.05) is 13.2 Å². The molecule has 30 heavy (non-hydrogen) atoms. The lowest BCUT2D eigenvalue weighted by Gasteiger charge is -2.19. The van der Waals surface area contributed by atoms with Gasteiger partial charge in [-0.25, -0.2) is 4.98 Å². The highest BCUT2D eigenvalue weighted by atomic mass is 35.5. The topological polar surface area (TPSA) is 65.4 Å². The fraction of sp³-hybridized carbons (Fsp3) is 0.273. The number of carbonyl (C=O) groups excluding carboxylic acids is 1. The largest absolute Gasteiger partial charge is 0.489 e. The molecule has 0 radical (unpaired) electrons. The minimum atomic E-state index is -0.411. The molecule has 1 atom stereocenters. The molecule has 6 nitrogen and oxygen atoms in total. The highest BCUT2D eigenvalue weighted by Gasteiger charge is 2.22. The number of nitrogens with one attached hydrogen (secondary N) is 1. The van der Waals surface area contributed by atoms with Crippen LogP contribution in [0.1, 0.15) is 29.4 Å². The molecule has 1 aromatic heterocycles. The molecule has 0 saturated carbocycles. The minimum absolute atomic E-state index is 0.144. The predicted molar refractivity (Wildman–Crippen MR) is 115 cm³/mol. The molecule has 1 amide bonds. The Balaban J connectivity index is 1.56. The lowest BCUT2D eigenvalue weighted by Crippen LogP contribution is -2.32. The van der Waals surface area contributed by atoms with Crippen molar-refractivity contribution in [2.24, 2.45) is 7.05 Å². The Bertz CT molecular complexity index is 1050. The van der Waals surface area contributed by atoms with Crippen molar-refractivity contribution in [1.29, 1.82) is 0 Å². The predicted octanol–water partition coefficient (Wildman–Crippen LogP) is 4.34. The number of hydrogen-bond acceptors (Lipinski definition) is 4. The molecule has 0 bridgehead atoms. The van der Waals surface area contributed by atoms with E-state index < -0.39 is 6.04 Å². The molecule has 1 aliphatic rings. The number of rotatable bonds is 5. The van der Waals surface area contributed by atoms with Crippen LogP contribution in [0.5, 0.6) is 11.5 Å². The molecule has 156 valence electrons. The van der Waals surface area contributed by atoms with Gasteiger partial charge >= 0.3 is 0 Å². The first-order chi connectivity index (χ1) is 14.5. The number of amides is 1. The average Bonchev–Trinajstić information content (AvgIpc) is 2.99. The van der Waals surface area contributed by atoms with Gasteiger partial charge in [0.1, 0.15) is 11.9 Å². The summed E-state index contributed by atoms with van der Waals surface area (Å²) in [7, 11) is 1.89. The van der Waals surface area contributed by atoms with Crippen LogP contribution in [0.15, 0.2) is 48.8 Å². The van der Waals surface area contributed by atoms with Crippen molar-refractivity contribution < 1.29 is 14.3 Å². The van der Waals surface area contributed by atoms with E-state index in [1.165, 1.54) is 0 Å². The Labute approximate surface area is 184 Å². The third kappa shape index (κ3) is 4.55. The van der Waals surface area contributed by atoms with Gasteiger partial charge < -0.3 is 19.4 Å². The first kappa shape index (κ1) is 20.6. The van der Waals surface area contributed by atoms with Crippen molar-refractivity contribution in [1.82, 2.24) is 14.9 Å². The highest BCUT2D eigenvalue weighted by molar-refractivity contribution is 6.32. The van der Waals surface area contributed by atoms with Crippen LogP contribution in [-0.2, 0) is 18.3 Å². The lowest BCUT2D eigenvalue weighted by atomic mass is 10.0. The molecule has 0 spiro atoms. The lowest BCUT2D eigenvalue weighted by molar-refractivity contribution is -0.121. The van der Waals surface area contributed by atoms with Gasteiger partial charge in [0, 0.05) is 30.9 Å². The van der Waals surface area contributed by atoms with Gasteiger partial charge in [-0.2, -0.15) is 0 Å². The van der Waals surface area contributed by atoms with Gasteiger partial charge in [-0.3, -0.25) is 4.79 Å². The molecule has 0 unspecified atom stereocenters. The molecule has 0 saturated heterocycles. The SMILES string of the molecule is Cn1ccnc1[C@H](NC(=O)Cc1cc(Cl)c2c(c1)OCCCO2)c1ccc(Cl)cc1. The molecule has 3 aromatic rings. The van der Waals surface area contributed by atoms with Crippen molar-refractivity contribution in [2.45, 2.75) is 18.9 Å². The number of aryl methyl sites for hydroxylation is 1. The normalized spacial score (nSPS) is 14.1. The van der Waals surface area contributed by atoms with Crippen molar-refractivity contribution in [3.63, 3.8) is 0 Å². The molecule has 1 aliphatic heterocycles. The number of hydrogen-bond donors (Lipinski definition) is 1. The Morgan fingerprint density at radius 1 is 1.20 bits per heavy atom. The zero-order valence-corrected chi connectivity index (χ0v) is 17.9. The van der Waals surface area contributed by atoms with E-state index in [9.17, 15) is 4.79 Å². The summed E-state index contributed by atoms with van der Waals surface area (Å²) in [6, 6.07) is 10.5. The van der Waals surface area contributed by atoms with Crippen LogP contribution in [-0.4, -0.2) is 28.7 Å². The highest BCUT2D eigenvalue weighted by Crippen LogP contribution is 2.38. The van der Waals surface area contributed by atoms with Crippen LogP contribution in [0.3, 0.4) is 0 Å². The third-order valence-electron chi connectivity index (χ3n) is 4.85. The molecule has 2 heterocycles. The zero-order chi connectivity index (χ0) is 21.1. The third-order valence-corrected chi connectivity index (χ3v) is 5.38. The quantitative estimate of drug-likeness (QED) is 0.634. The molecular weight excluding hydrogens is 425 g/mol. The van der Waals surface area contributed by atoms with Gasteiger partial charge in [0.25, 0.3) is 0 Å². The van der Waals surface area contributed by atoms with Crippen molar-refractivity contribution in [3.8, 4) is 11.5 Å². The van der Waals surface area contributed by atoms with E-state index in [2.05, 4.69) is 10.3 Å². The van der Waals surface area contributed by atoms with Crippen LogP contribution in [0.4, 0.5) is 0 Å². The van der Waals surface area contributed by atoms with Gasteiger partial charge in [0.15, 0.2) is 11.5 Å². The Hall–Kier alpha value is -2.70. The maximum Gasteiger partial charge on any atom is 0.225 e. The monoisotopic (exact) mass is 445 g/mol. The van der Waals surface area contributed by atoms with E-state index in [4.69, 9.17) is 32.7 Å². The fourth-order valence-corrected chi connectivity index (χ4v) is 3.80. The van der Waals surface area contributed by atoms with Gasteiger partial charge in [0.05, 0.1) is 24.7 Å². The fourth-order valence-electron chi connectivity index (χ4n) is 3.39. The summed E-state index contributed by atoms with van der Waals surface area (Å²) in [4.78, 5) is 17.3. The number of carbonyl (C=O) groups is 1. The Morgan fingerprint density at radius 2 is 1.97 bits per heavy atom. The smallest absolute Gasteiger partial charge is 0.225 e. The van der Waals surface area contributed by atoms with Gasteiger partial charge in [-0.15, -0.1) is 0 Å². The van der Waals surface area contributed by atoms with Gasteiger partial charge in [-0.05, 0) is 35.4 Å². The second-order valence-electron chi connectivity index (χ2n) is 7.08. The van der Waals surface area contributed by atoms with E-state index in [1.807, 2.05) is 36.0 Å². The average molecular weight is 446 g/mol. The number of aromatic nitrogens is 2. The molecule has 0 fully saturated rings. The second-order valence-corrected chi connectivity index (χ2v) is 7.92. The van der Waals surface area contributed by atoms with Crippen LogP contribution in [0.25, 0.3) is 0 Å².